The van der Waals surface area contributed by atoms with E-state index >= 15 is 0 Å². The Hall–Kier alpha value is -2.59. The van der Waals surface area contributed by atoms with Gasteiger partial charge in [-0.2, -0.15) is 0 Å². The molecule has 0 amide bonds. The van der Waals surface area contributed by atoms with Crippen LogP contribution in [-0.2, 0) is 11.2 Å². The van der Waals surface area contributed by atoms with Gasteiger partial charge in [0.05, 0.1) is 25.4 Å². The molecule has 0 saturated carbocycles. The molecular weight excluding hydrogens is 316 g/mol. The number of benzene rings is 2. The summed E-state index contributed by atoms with van der Waals surface area (Å²) in [6.45, 7) is 0.324. The van der Waals surface area contributed by atoms with Crippen molar-refractivity contribution in [3.8, 4) is 5.75 Å². The van der Waals surface area contributed by atoms with Crippen molar-refractivity contribution in [1.82, 2.24) is 0 Å². The SMILES string of the molecule is COC(=O)c1ccccc1C1COc2ccc3c(c2C1O)C=CCC3. The first kappa shape index (κ1) is 15.9. The van der Waals surface area contributed by atoms with E-state index in [4.69, 9.17) is 9.47 Å². The number of methoxy groups -OCH3 is 1. The second-order valence-electron chi connectivity index (χ2n) is 6.43. The second-order valence-corrected chi connectivity index (χ2v) is 6.43. The van der Waals surface area contributed by atoms with Gasteiger partial charge in [0.1, 0.15) is 5.75 Å². The van der Waals surface area contributed by atoms with E-state index in [1.54, 1.807) is 12.1 Å². The van der Waals surface area contributed by atoms with E-state index < -0.39 is 12.1 Å². The standard InChI is InChI=1S/C21H20O4/c1-24-21(23)16-9-5-4-8-15(16)17-12-25-18-11-10-13-6-2-3-7-14(13)19(18)20(17)22/h3-5,7-11,17,20,22H,2,6,12H2,1H3. The van der Waals surface area contributed by atoms with E-state index in [-0.39, 0.29) is 5.92 Å². The maximum atomic E-state index is 12.1. The summed E-state index contributed by atoms with van der Waals surface area (Å²) in [5.41, 5.74) is 4.33. The number of allylic oxidation sites excluding steroid dienone is 1. The molecule has 2 unspecified atom stereocenters. The Labute approximate surface area is 146 Å². The maximum Gasteiger partial charge on any atom is 0.338 e. The van der Waals surface area contributed by atoms with Crippen molar-refractivity contribution in [3.05, 3.63) is 70.3 Å². The van der Waals surface area contributed by atoms with Crippen molar-refractivity contribution in [2.75, 3.05) is 13.7 Å². The topological polar surface area (TPSA) is 55.8 Å². The predicted octanol–water partition coefficient (Wildman–Crippen LogP) is 3.64. The Morgan fingerprint density at radius 2 is 2.08 bits per heavy atom. The molecule has 0 radical (unpaired) electrons. The van der Waals surface area contributed by atoms with Crippen molar-refractivity contribution in [3.63, 3.8) is 0 Å². The summed E-state index contributed by atoms with van der Waals surface area (Å²) in [6.07, 6.45) is 5.44. The molecule has 0 fully saturated rings. The smallest absolute Gasteiger partial charge is 0.338 e. The van der Waals surface area contributed by atoms with E-state index in [1.807, 2.05) is 18.2 Å². The first-order valence-corrected chi connectivity index (χ1v) is 8.51. The molecule has 4 nitrogen and oxygen atoms in total. The fourth-order valence-corrected chi connectivity index (χ4v) is 3.80. The highest BCUT2D eigenvalue weighted by molar-refractivity contribution is 5.91. The minimum Gasteiger partial charge on any atom is -0.492 e. The highest BCUT2D eigenvalue weighted by Gasteiger charge is 2.35. The Kier molecular flexibility index (Phi) is 4.06. The number of hydrogen-bond acceptors (Lipinski definition) is 4. The molecule has 0 bridgehead atoms. The van der Waals surface area contributed by atoms with Crippen LogP contribution >= 0.6 is 0 Å². The third-order valence-electron chi connectivity index (χ3n) is 5.06. The van der Waals surface area contributed by atoms with Crippen molar-refractivity contribution in [1.29, 1.82) is 0 Å². The number of fused-ring (bicyclic) bond motifs is 3. The number of aliphatic hydroxyl groups excluding tert-OH is 1. The molecule has 1 aliphatic heterocycles. The molecule has 0 aromatic heterocycles. The number of carbonyl (C=O) groups excluding carboxylic acids is 1. The zero-order valence-corrected chi connectivity index (χ0v) is 14.1. The normalized spacial score (nSPS) is 21.0. The largest absolute Gasteiger partial charge is 0.492 e. The third-order valence-corrected chi connectivity index (χ3v) is 5.06. The Bertz CT molecular complexity index is 853. The summed E-state index contributed by atoms with van der Waals surface area (Å²) in [4.78, 5) is 12.1. The first-order valence-electron chi connectivity index (χ1n) is 8.51. The van der Waals surface area contributed by atoms with Crippen LogP contribution in [0.4, 0.5) is 0 Å². The zero-order chi connectivity index (χ0) is 17.4. The number of aliphatic hydroxyl groups is 1. The van der Waals surface area contributed by atoms with Crippen molar-refractivity contribution in [2.24, 2.45) is 0 Å². The molecule has 4 heteroatoms. The number of carbonyl (C=O) groups is 1. The highest BCUT2D eigenvalue weighted by atomic mass is 16.5. The highest BCUT2D eigenvalue weighted by Crippen LogP contribution is 2.45. The molecule has 2 aromatic carbocycles. The lowest BCUT2D eigenvalue weighted by Crippen LogP contribution is -2.27. The fourth-order valence-electron chi connectivity index (χ4n) is 3.80. The molecule has 2 aromatic rings. The number of ether oxygens (including phenoxy) is 2. The molecule has 1 N–H and O–H groups in total. The van der Waals surface area contributed by atoms with Gasteiger partial charge in [-0.25, -0.2) is 4.79 Å². The Morgan fingerprint density at radius 1 is 1.24 bits per heavy atom. The quantitative estimate of drug-likeness (QED) is 0.851. The zero-order valence-electron chi connectivity index (χ0n) is 14.1. The number of esters is 1. The fraction of sp³-hybridized carbons (Fsp3) is 0.286. The molecule has 1 aliphatic carbocycles. The van der Waals surface area contributed by atoms with Crippen LogP contribution in [0.5, 0.6) is 5.75 Å². The van der Waals surface area contributed by atoms with Gasteiger partial charge >= 0.3 is 5.97 Å². The van der Waals surface area contributed by atoms with Gasteiger partial charge in [0.2, 0.25) is 0 Å². The van der Waals surface area contributed by atoms with Gasteiger partial charge in [-0.3, -0.25) is 0 Å². The van der Waals surface area contributed by atoms with Gasteiger partial charge in [0, 0.05) is 11.5 Å². The molecule has 0 spiro atoms. The monoisotopic (exact) mass is 336 g/mol. The average Bonchev–Trinajstić information content (AvgIpc) is 2.67. The average molecular weight is 336 g/mol. The van der Waals surface area contributed by atoms with E-state index in [0.717, 1.165) is 35.3 Å². The van der Waals surface area contributed by atoms with Crippen LogP contribution in [0.15, 0.2) is 42.5 Å². The van der Waals surface area contributed by atoms with Crippen LogP contribution in [0.2, 0.25) is 0 Å². The van der Waals surface area contributed by atoms with Crippen LogP contribution < -0.4 is 4.74 Å². The van der Waals surface area contributed by atoms with Gasteiger partial charge in [-0.1, -0.05) is 36.4 Å². The van der Waals surface area contributed by atoms with Crippen LogP contribution in [0.3, 0.4) is 0 Å². The summed E-state index contributed by atoms with van der Waals surface area (Å²) < 4.78 is 10.8. The third kappa shape index (κ3) is 2.63. The van der Waals surface area contributed by atoms with E-state index in [0.29, 0.717) is 12.2 Å². The van der Waals surface area contributed by atoms with Crippen LogP contribution in [-0.4, -0.2) is 24.8 Å². The van der Waals surface area contributed by atoms with Crippen LogP contribution in [0.25, 0.3) is 6.08 Å². The Balaban J connectivity index is 1.80. The first-order chi connectivity index (χ1) is 12.2. The van der Waals surface area contributed by atoms with Gasteiger partial charge in [0.25, 0.3) is 0 Å². The number of aryl methyl sites for hydroxylation is 1. The summed E-state index contributed by atoms with van der Waals surface area (Å²) >= 11 is 0. The van der Waals surface area contributed by atoms with Crippen molar-refractivity contribution in [2.45, 2.75) is 24.9 Å². The van der Waals surface area contributed by atoms with E-state index in [9.17, 15) is 9.90 Å². The molecule has 4 rings (SSSR count). The van der Waals surface area contributed by atoms with Gasteiger partial charge in [-0.15, -0.1) is 0 Å². The molecule has 2 aliphatic rings. The predicted molar refractivity (Wildman–Crippen MR) is 94.8 cm³/mol. The van der Waals surface area contributed by atoms with Gasteiger partial charge in [0.15, 0.2) is 0 Å². The molecule has 1 heterocycles. The van der Waals surface area contributed by atoms with Crippen molar-refractivity contribution >= 4 is 12.0 Å². The van der Waals surface area contributed by atoms with E-state index in [1.165, 1.54) is 12.7 Å². The minimum atomic E-state index is -0.729. The van der Waals surface area contributed by atoms with E-state index in [2.05, 4.69) is 18.2 Å². The molecule has 128 valence electrons. The van der Waals surface area contributed by atoms with Gasteiger partial charge < -0.3 is 14.6 Å². The lowest BCUT2D eigenvalue weighted by Gasteiger charge is -2.33. The van der Waals surface area contributed by atoms with Gasteiger partial charge in [-0.05, 0) is 41.7 Å². The summed E-state index contributed by atoms with van der Waals surface area (Å²) in [5, 5.41) is 11.1. The summed E-state index contributed by atoms with van der Waals surface area (Å²) in [7, 11) is 1.36. The maximum absolute atomic E-state index is 12.1. The Morgan fingerprint density at radius 3 is 2.92 bits per heavy atom. The summed E-state index contributed by atoms with van der Waals surface area (Å²) in [6, 6.07) is 11.3. The number of hydrogen-bond donors (Lipinski definition) is 1. The van der Waals surface area contributed by atoms with Crippen LogP contribution in [0, 0.1) is 0 Å². The minimum absolute atomic E-state index is 0.315. The lowest BCUT2D eigenvalue weighted by molar-refractivity contribution is 0.0590. The molecular formula is C21H20O4. The molecule has 2 atom stereocenters. The number of rotatable bonds is 2. The molecule has 25 heavy (non-hydrogen) atoms. The summed E-state index contributed by atoms with van der Waals surface area (Å²) in [5.74, 6) is 0.0119. The lowest BCUT2D eigenvalue weighted by atomic mass is 9.81. The van der Waals surface area contributed by atoms with Crippen LogP contribution in [0.1, 0.15) is 51.1 Å². The van der Waals surface area contributed by atoms with Crippen molar-refractivity contribution < 1.29 is 19.4 Å². The second kappa shape index (κ2) is 6.37. The molecule has 0 saturated heterocycles.